The molecule has 9 heteroatoms. The van der Waals surface area contributed by atoms with Crippen molar-refractivity contribution in [3.8, 4) is 11.5 Å². The second kappa shape index (κ2) is 8.89. The van der Waals surface area contributed by atoms with Crippen molar-refractivity contribution in [1.82, 2.24) is 4.72 Å². The number of benzene rings is 1. The summed E-state index contributed by atoms with van der Waals surface area (Å²) < 4.78 is 37.6. The van der Waals surface area contributed by atoms with Crippen LogP contribution in [0.1, 0.15) is 69.8 Å². The Bertz CT molecular complexity index is 841. The van der Waals surface area contributed by atoms with Crippen LogP contribution in [0.15, 0.2) is 18.2 Å². The largest absolute Gasteiger partial charge is 0.486 e. The van der Waals surface area contributed by atoms with Crippen LogP contribution in [0.2, 0.25) is 0 Å². The van der Waals surface area contributed by atoms with Crippen molar-refractivity contribution >= 4 is 16.0 Å². The van der Waals surface area contributed by atoms with Crippen LogP contribution in [0, 0.1) is 0 Å². The molecule has 1 fully saturated rings. The van der Waals surface area contributed by atoms with Gasteiger partial charge in [0.05, 0.1) is 5.75 Å². The summed E-state index contributed by atoms with van der Waals surface area (Å²) in [5.74, 6) is -4.65. The second-order valence-corrected chi connectivity index (χ2v) is 9.60. The molecule has 0 bridgehead atoms. The number of sulfonamides is 1. The molecule has 1 aliphatic heterocycles. The van der Waals surface area contributed by atoms with E-state index in [2.05, 4.69) is 6.92 Å². The lowest BCUT2D eigenvalue weighted by molar-refractivity contribution is -0.197. The summed E-state index contributed by atoms with van der Waals surface area (Å²) in [6, 6.07) is 5.04. The minimum absolute atomic E-state index is 0.00689. The van der Waals surface area contributed by atoms with Crippen LogP contribution in [0.4, 0.5) is 0 Å². The van der Waals surface area contributed by atoms with E-state index in [1.165, 1.54) is 6.07 Å². The maximum atomic E-state index is 12.3. The normalized spacial score (nSPS) is 22.4. The molecular formula is C20H29NO7S. The van der Waals surface area contributed by atoms with Crippen LogP contribution in [-0.2, 0) is 14.8 Å². The van der Waals surface area contributed by atoms with E-state index in [1.807, 2.05) is 6.07 Å². The second-order valence-electron chi connectivity index (χ2n) is 7.75. The average molecular weight is 428 g/mol. The van der Waals surface area contributed by atoms with Crippen molar-refractivity contribution in [2.75, 3.05) is 5.75 Å². The summed E-state index contributed by atoms with van der Waals surface area (Å²) in [5.41, 5.74) is 0.900. The van der Waals surface area contributed by atoms with Crippen molar-refractivity contribution in [1.29, 1.82) is 0 Å². The first-order valence-electron chi connectivity index (χ1n) is 10.2. The van der Waals surface area contributed by atoms with Gasteiger partial charge in [-0.2, -0.15) is 0 Å². The van der Waals surface area contributed by atoms with E-state index < -0.39 is 21.9 Å². The van der Waals surface area contributed by atoms with Gasteiger partial charge in [-0.1, -0.05) is 44.7 Å². The minimum Gasteiger partial charge on any atom is -0.486 e. The van der Waals surface area contributed by atoms with Crippen LogP contribution < -0.4 is 14.2 Å². The highest BCUT2D eigenvalue weighted by atomic mass is 32.2. The number of nitrogens with one attached hydrogen (secondary N) is 1. The Kier molecular flexibility index (Phi) is 6.70. The molecule has 2 aliphatic rings. The standard InChI is InChI=1S/C20H29NO7S/c1-2-3-4-5-6-13-29(25,26)21-20(24,19(22)23)28-17-12-8-10-15-14-9-7-11-16(14)27-18(15)17/h8,10,12,14,16,21,24H,2-7,9,11,13H2,1H3,(H,22,23). The zero-order chi connectivity index (χ0) is 21.1. The van der Waals surface area contributed by atoms with Gasteiger partial charge in [-0.15, -0.1) is 4.72 Å². The maximum absolute atomic E-state index is 12.3. The summed E-state index contributed by atoms with van der Waals surface area (Å²) in [7, 11) is -4.07. The number of hydrogen-bond donors (Lipinski definition) is 3. The number of hydrogen-bond acceptors (Lipinski definition) is 6. The van der Waals surface area contributed by atoms with Crippen LogP contribution in [-0.4, -0.2) is 42.4 Å². The summed E-state index contributed by atoms with van der Waals surface area (Å²) >= 11 is 0. The van der Waals surface area contributed by atoms with Crippen molar-refractivity contribution in [2.24, 2.45) is 0 Å². The Morgan fingerprint density at radius 2 is 2.03 bits per heavy atom. The molecular weight excluding hydrogens is 398 g/mol. The molecule has 162 valence electrons. The first-order valence-corrected chi connectivity index (χ1v) is 11.9. The molecule has 3 atom stereocenters. The molecule has 3 unspecified atom stereocenters. The van der Waals surface area contributed by atoms with Crippen molar-refractivity contribution in [3.05, 3.63) is 23.8 Å². The predicted molar refractivity (Wildman–Crippen MR) is 106 cm³/mol. The molecule has 1 aromatic rings. The van der Waals surface area contributed by atoms with E-state index in [0.29, 0.717) is 18.6 Å². The van der Waals surface area contributed by atoms with Crippen LogP contribution in [0.25, 0.3) is 0 Å². The monoisotopic (exact) mass is 427 g/mol. The molecule has 29 heavy (non-hydrogen) atoms. The topological polar surface area (TPSA) is 122 Å². The van der Waals surface area contributed by atoms with Gasteiger partial charge in [0.1, 0.15) is 6.10 Å². The van der Waals surface area contributed by atoms with Gasteiger partial charge in [-0.05, 0) is 31.7 Å². The Morgan fingerprint density at radius 3 is 2.76 bits per heavy atom. The Morgan fingerprint density at radius 1 is 1.28 bits per heavy atom. The number of aliphatic carboxylic acids is 1. The smallest absolute Gasteiger partial charge is 0.395 e. The molecule has 3 rings (SSSR count). The van der Waals surface area contributed by atoms with Crippen LogP contribution in [0.5, 0.6) is 11.5 Å². The van der Waals surface area contributed by atoms with E-state index in [9.17, 15) is 23.4 Å². The van der Waals surface area contributed by atoms with Gasteiger partial charge in [0, 0.05) is 11.5 Å². The van der Waals surface area contributed by atoms with Gasteiger partial charge in [0.15, 0.2) is 11.5 Å². The van der Waals surface area contributed by atoms with Crippen LogP contribution in [0.3, 0.4) is 0 Å². The molecule has 0 saturated heterocycles. The third-order valence-corrected chi connectivity index (χ3v) is 6.90. The Hall–Kier alpha value is -1.84. The van der Waals surface area contributed by atoms with Crippen LogP contribution >= 0.6 is 0 Å². The molecule has 0 radical (unpaired) electrons. The third kappa shape index (κ3) is 5.02. The Labute approximate surface area is 171 Å². The molecule has 0 amide bonds. The molecule has 1 aliphatic carbocycles. The number of unbranched alkanes of at least 4 members (excludes halogenated alkanes) is 4. The average Bonchev–Trinajstić information content (AvgIpc) is 3.23. The van der Waals surface area contributed by atoms with Crippen molar-refractivity contribution in [2.45, 2.75) is 76.2 Å². The quantitative estimate of drug-likeness (QED) is 0.367. The first-order chi connectivity index (χ1) is 13.8. The van der Waals surface area contributed by atoms with E-state index >= 15 is 0 Å². The molecule has 0 spiro atoms. The molecule has 1 aromatic carbocycles. The minimum atomic E-state index is -4.07. The number of carboxylic acid groups (broad SMARTS) is 1. The van der Waals surface area contributed by atoms with Gasteiger partial charge in [0.25, 0.3) is 0 Å². The number of ether oxygens (including phenoxy) is 2. The number of carbonyl (C=O) groups is 1. The fourth-order valence-corrected chi connectivity index (χ4v) is 5.27. The number of rotatable bonds is 11. The third-order valence-electron chi connectivity index (χ3n) is 5.49. The lowest BCUT2D eigenvalue weighted by Crippen LogP contribution is -2.59. The molecule has 8 nitrogen and oxygen atoms in total. The van der Waals surface area contributed by atoms with Crippen molar-refractivity contribution < 1.29 is 32.9 Å². The maximum Gasteiger partial charge on any atom is 0.395 e. The summed E-state index contributed by atoms with van der Waals surface area (Å²) in [4.78, 5) is 11.7. The number of fused-ring (bicyclic) bond motifs is 3. The Balaban J connectivity index is 1.72. The van der Waals surface area contributed by atoms with Crippen molar-refractivity contribution in [3.63, 3.8) is 0 Å². The number of aliphatic hydroxyl groups is 1. The van der Waals surface area contributed by atoms with Gasteiger partial charge < -0.3 is 19.7 Å². The number of para-hydroxylation sites is 1. The van der Waals surface area contributed by atoms with Gasteiger partial charge in [-0.25, -0.2) is 13.2 Å². The lowest BCUT2D eigenvalue weighted by Gasteiger charge is -2.26. The van der Waals surface area contributed by atoms with E-state index in [0.717, 1.165) is 44.1 Å². The highest BCUT2D eigenvalue weighted by Gasteiger charge is 2.46. The molecule has 1 heterocycles. The predicted octanol–water partition coefficient (Wildman–Crippen LogP) is 2.71. The lowest BCUT2D eigenvalue weighted by atomic mass is 9.97. The fraction of sp³-hybridized carbons (Fsp3) is 0.650. The van der Waals surface area contributed by atoms with E-state index in [-0.39, 0.29) is 23.5 Å². The summed E-state index contributed by atoms with van der Waals surface area (Å²) in [5, 5.41) is 20.0. The molecule has 1 saturated carbocycles. The highest BCUT2D eigenvalue weighted by molar-refractivity contribution is 7.89. The zero-order valence-electron chi connectivity index (χ0n) is 16.6. The highest BCUT2D eigenvalue weighted by Crippen LogP contribution is 2.50. The van der Waals surface area contributed by atoms with E-state index in [1.54, 1.807) is 10.8 Å². The first kappa shape index (κ1) is 21.9. The van der Waals surface area contributed by atoms with Gasteiger partial charge in [0.2, 0.25) is 10.0 Å². The fourth-order valence-electron chi connectivity index (χ4n) is 4.03. The van der Waals surface area contributed by atoms with Gasteiger partial charge >= 0.3 is 11.9 Å². The summed E-state index contributed by atoms with van der Waals surface area (Å²) in [6.45, 7) is 2.06. The SMILES string of the molecule is CCCCCCCS(=O)(=O)NC(O)(Oc1cccc2c1OC1CCCC21)C(=O)O. The van der Waals surface area contributed by atoms with E-state index in [4.69, 9.17) is 9.47 Å². The zero-order valence-corrected chi connectivity index (χ0v) is 17.4. The molecule has 3 N–H and O–H groups in total. The van der Waals surface area contributed by atoms with Gasteiger partial charge in [-0.3, -0.25) is 0 Å². The molecule has 0 aromatic heterocycles. The number of carboxylic acids is 1. The summed E-state index contributed by atoms with van der Waals surface area (Å²) in [6.07, 6.45) is 6.95.